The highest BCUT2D eigenvalue weighted by Gasteiger charge is 2.20. The molecule has 0 aliphatic heterocycles. The van der Waals surface area contributed by atoms with Crippen LogP contribution in [-0.2, 0) is 12.8 Å². The first-order valence-electron chi connectivity index (χ1n) is 8.69. The monoisotopic (exact) mass is 384 g/mol. The van der Waals surface area contributed by atoms with Gasteiger partial charge in [0.25, 0.3) is 5.56 Å². The summed E-state index contributed by atoms with van der Waals surface area (Å²) < 4.78 is 1.38. The van der Waals surface area contributed by atoms with Crippen LogP contribution < -0.4 is 16.3 Å². The minimum Gasteiger partial charge on any atom is -0.331 e. The van der Waals surface area contributed by atoms with E-state index in [4.69, 9.17) is 12.2 Å². The lowest BCUT2D eigenvalue weighted by molar-refractivity contribution is 0.699. The summed E-state index contributed by atoms with van der Waals surface area (Å²) in [6.45, 7) is 4.08. The predicted octanol–water partition coefficient (Wildman–Crippen LogP) is 3.89. The van der Waals surface area contributed by atoms with E-state index >= 15 is 0 Å². The molecule has 134 valence electrons. The van der Waals surface area contributed by atoms with Gasteiger partial charge >= 0.3 is 0 Å². The normalized spacial score (nSPS) is 13.5. The molecule has 5 nitrogen and oxygen atoms in total. The first-order chi connectivity index (χ1) is 12.5. The second-order valence-corrected chi connectivity index (χ2v) is 8.24. The van der Waals surface area contributed by atoms with E-state index in [1.54, 1.807) is 11.3 Å². The van der Waals surface area contributed by atoms with Crippen molar-refractivity contribution in [2.45, 2.75) is 39.5 Å². The van der Waals surface area contributed by atoms with Gasteiger partial charge in [-0.2, -0.15) is 0 Å². The molecule has 3 aromatic rings. The summed E-state index contributed by atoms with van der Waals surface area (Å²) in [6.07, 6.45) is 5.85. The van der Waals surface area contributed by atoms with Gasteiger partial charge in [0.1, 0.15) is 11.2 Å². The van der Waals surface area contributed by atoms with Gasteiger partial charge in [0.15, 0.2) is 5.11 Å². The zero-order valence-corrected chi connectivity index (χ0v) is 16.4. The standard InChI is InChI=1S/C19H20N4OS2/c1-11-7-12(2)9-13(8-11)21-19(25)22-23-10-20-17-16(18(23)24)14-5-3-4-6-15(14)26-17/h7-10H,3-6H2,1-2H3,(H2,21,22,25). The number of thiocarbonyl (C=S) groups is 1. The summed E-state index contributed by atoms with van der Waals surface area (Å²) in [5.41, 5.74) is 7.25. The molecule has 1 aliphatic carbocycles. The highest BCUT2D eigenvalue weighted by molar-refractivity contribution is 7.80. The number of hydrogen-bond donors (Lipinski definition) is 2. The van der Waals surface area contributed by atoms with Crippen LogP contribution in [0, 0.1) is 13.8 Å². The fourth-order valence-corrected chi connectivity index (χ4v) is 4.98. The SMILES string of the molecule is Cc1cc(C)cc(NC(=S)Nn2cnc3sc4c(c3c2=O)CCCC4)c1. The van der Waals surface area contributed by atoms with Crippen LogP contribution in [0.4, 0.5) is 5.69 Å². The molecule has 0 bridgehead atoms. The predicted molar refractivity (Wildman–Crippen MR) is 112 cm³/mol. The molecular formula is C19H20N4OS2. The average molecular weight is 385 g/mol. The van der Waals surface area contributed by atoms with Crippen LogP contribution >= 0.6 is 23.6 Å². The van der Waals surface area contributed by atoms with Crippen molar-refractivity contribution in [1.29, 1.82) is 0 Å². The molecule has 0 amide bonds. The van der Waals surface area contributed by atoms with Crippen LogP contribution in [0.15, 0.2) is 29.3 Å². The summed E-state index contributed by atoms with van der Waals surface area (Å²) in [5, 5.41) is 4.25. The molecule has 2 N–H and O–H groups in total. The van der Waals surface area contributed by atoms with Crippen LogP contribution in [0.3, 0.4) is 0 Å². The van der Waals surface area contributed by atoms with Crippen LogP contribution in [0.5, 0.6) is 0 Å². The third kappa shape index (κ3) is 3.24. The molecular weight excluding hydrogens is 364 g/mol. The lowest BCUT2D eigenvalue weighted by atomic mass is 9.97. The van der Waals surface area contributed by atoms with Crippen molar-refractivity contribution >= 4 is 44.6 Å². The maximum atomic E-state index is 12.9. The van der Waals surface area contributed by atoms with Crippen LogP contribution in [0.25, 0.3) is 10.2 Å². The number of nitrogens with one attached hydrogen (secondary N) is 2. The van der Waals surface area contributed by atoms with Crippen molar-refractivity contribution in [3.63, 3.8) is 0 Å². The van der Waals surface area contributed by atoms with Gasteiger partial charge in [-0.1, -0.05) is 6.07 Å². The number of anilines is 1. The fraction of sp³-hybridized carbons (Fsp3) is 0.316. The topological polar surface area (TPSA) is 58.9 Å². The fourth-order valence-electron chi connectivity index (χ4n) is 3.54. The zero-order valence-electron chi connectivity index (χ0n) is 14.8. The lowest BCUT2D eigenvalue weighted by Crippen LogP contribution is -2.35. The second-order valence-electron chi connectivity index (χ2n) is 6.75. The van der Waals surface area contributed by atoms with E-state index in [2.05, 4.69) is 21.8 Å². The Kier molecular flexibility index (Phi) is 4.50. The van der Waals surface area contributed by atoms with E-state index in [-0.39, 0.29) is 5.56 Å². The number of thiophene rings is 1. The van der Waals surface area contributed by atoms with Gasteiger partial charge in [-0.3, -0.25) is 10.2 Å². The second kappa shape index (κ2) is 6.81. The third-order valence-electron chi connectivity index (χ3n) is 4.58. The molecule has 4 rings (SSSR count). The Balaban J connectivity index is 1.61. The Bertz CT molecular complexity index is 1050. The van der Waals surface area contributed by atoms with Gasteiger partial charge in [0.2, 0.25) is 0 Å². The Morgan fingerprint density at radius 3 is 2.69 bits per heavy atom. The van der Waals surface area contributed by atoms with Crippen LogP contribution in [0.1, 0.15) is 34.4 Å². The molecule has 1 aliphatic rings. The van der Waals surface area contributed by atoms with Crippen molar-refractivity contribution < 1.29 is 0 Å². The number of nitrogens with zero attached hydrogens (tertiary/aromatic N) is 2. The molecule has 0 spiro atoms. The van der Waals surface area contributed by atoms with Crippen LogP contribution in [-0.4, -0.2) is 14.8 Å². The molecule has 26 heavy (non-hydrogen) atoms. The molecule has 0 radical (unpaired) electrons. The van der Waals surface area contributed by atoms with Gasteiger partial charge < -0.3 is 5.32 Å². The lowest BCUT2D eigenvalue weighted by Gasteiger charge is -2.14. The summed E-state index contributed by atoms with van der Waals surface area (Å²) in [5.74, 6) is 0. The van der Waals surface area contributed by atoms with E-state index in [1.165, 1.54) is 27.9 Å². The Morgan fingerprint density at radius 2 is 1.92 bits per heavy atom. The van der Waals surface area contributed by atoms with Crippen molar-refractivity contribution in [3.8, 4) is 0 Å². The first kappa shape index (κ1) is 17.2. The van der Waals surface area contributed by atoms with Crippen molar-refractivity contribution in [2.24, 2.45) is 0 Å². The first-order valence-corrected chi connectivity index (χ1v) is 9.92. The Hall–Kier alpha value is -2.25. The maximum absolute atomic E-state index is 12.9. The highest BCUT2D eigenvalue weighted by atomic mass is 32.1. The number of rotatable bonds is 2. The largest absolute Gasteiger partial charge is 0.331 e. The number of hydrogen-bond acceptors (Lipinski definition) is 4. The van der Waals surface area contributed by atoms with Gasteiger partial charge in [0.05, 0.1) is 5.39 Å². The third-order valence-corrected chi connectivity index (χ3v) is 5.97. The molecule has 2 aromatic heterocycles. The van der Waals surface area contributed by atoms with E-state index < -0.39 is 0 Å². The summed E-state index contributed by atoms with van der Waals surface area (Å²) >= 11 is 7.03. The molecule has 0 saturated heterocycles. The molecule has 7 heteroatoms. The number of benzene rings is 1. The van der Waals surface area contributed by atoms with E-state index in [0.717, 1.165) is 46.3 Å². The van der Waals surface area contributed by atoms with Gasteiger partial charge in [-0.15, -0.1) is 11.3 Å². The minimum absolute atomic E-state index is 0.0843. The zero-order chi connectivity index (χ0) is 18.3. The quantitative estimate of drug-likeness (QED) is 0.657. The van der Waals surface area contributed by atoms with Crippen molar-refractivity contribution in [1.82, 2.24) is 9.66 Å². The summed E-state index contributed by atoms with van der Waals surface area (Å²) in [4.78, 5) is 19.5. The molecule has 2 heterocycles. The van der Waals surface area contributed by atoms with Gasteiger partial charge in [0, 0.05) is 10.6 Å². The van der Waals surface area contributed by atoms with Gasteiger partial charge in [-0.25, -0.2) is 9.66 Å². The van der Waals surface area contributed by atoms with E-state index in [9.17, 15) is 4.79 Å². The molecule has 0 fully saturated rings. The van der Waals surface area contributed by atoms with Gasteiger partial charge in [-0.05, 0) is 80.6 Å². The number of fused-ring (bicyclic) bond motifs is 3. The maximum Gasteiger partial charge on any atom is 0.281 e. The number of aromatic nitrogens is 2. The Morgan fingerprint density at radius 1 is 1.19 bits per heavy atom. The van der Waals surface area contributed by atoms with Crippen LogP contribution in [0.2, 0.25) is 0 Å². The number of aryl methyl sites for hydroxylation is 4. The molecule has 0 saturated carbocycles. The van der Waals surface area contributed by atoms with E-state index in [1.807, 2.05) is 26.0 Å². The Labute approximate surface area is 161 Å². The van der Waals surface area contributed by atoms with Crippen molar-refractivity contribution in [3.05, 3.63) is 56.4 Å². The summed E-state index contributed by atoms with van der Waals surface area (Å²) in [6, 6.07) is 6.13. The molecule has 0 atom stereocenters. The molecule has 0 unspecified atom stereocenters. The minimum atomic E-state index is -0.0843. The summed E-state index contributed by atoms with van der Waals surface area (Å²) in [7, 11) is 0. The molecule has 1 aromatic carbocycles. The smallest absolute Gasteiger partial charge is 0.281 e. The van der Waals surface area contributed by atoms with Crippen molar-refractivity contribution in [2.75, 3.05) is 10.7 Å². The highest BCUT2D eigenvalue weighted by Crippen LogP contribution is 2.33. The van der Waals surface area contributed by atoms with E-state index in [0.29, 0.717) is 5.11 Å². The average Bonchev–Trinajstić information content (AvgIpc) is 2.95.